The second-order valence-corrected chi connectivity index (χ2v) is 6.89. The van der Waals surface area contributed by atoms with Crippen LogP contribution in [0.25, 0.3) is 0 Å². The fraction of sp³-hybridized carbons (Fsp3) is 0.444. The van der Waals surface area contributed by atoms with Crippen LogP contribution in [0, 0.1) is 11.8 Å². The van der Waals surface area contributed by atoms with Crippen molar-refractivity contribution in [2.24, 2.45) is 11.8 Å². The lowest BCUT2D eigenvalue weighted by Crippen LogP contribution is -2.33. The van der Waals surface area contributed by atoms with Crippen LogP contribution in [0.15, 0.2) is 24.3 Å². The van der Waals surface area contributed by atoms with E-state index in [-0.39, 0.29) is 36.0 Å². The van der Waals surface area contributed by atoms with E-state index in [1.165, 1.54) is 23.9 Å². The maximum atomic E-state index is 12.5. The van der Waals surface area contributed by atoms with E-state index >= 15 is 0 Å². The molecule has 0 N–H and O–H groups in total. The van der Waals surface area contributed by atoms with Crippen LogP contribution in [0.3, 0.4) is 0 Å². The lowest BCUT2D eigenvalue weighted by molar-refractivity contribution is -0.140. The summed E-state index contributed by atoms with van der Waals surface area (Å²) in [5.74, 6) is -2.28. The van der Waals surface area contributed by atoms with Crippen LogP contribution in [-0.2, 0) is 19.2 Å². The standard InChI is InChI=1S/C18H18N2O4/c1-19-14(21)8-12(16(19)22)11-7-13-15(18(24)20(2)17(13)23)10-6-4-3-5-9(10)11/h3-6,11-13,15H,7-8H2,1-2H3. The van der Waals surface area contributed by atoms with Gasteiger partial charge in [-0.2, -0.15) is 0 Å². The monoisotopic (exact) mass is 326 g/mol. The molecule has 1 aromatic carbocycles. The Morgan fingerprint density at radius 2 is 1.42 bits per heavy atom. The zero-order chi connectivity index (χ0) is 17.2. The van der Waals surface area contributed by atoms with Gasteiger partial charge in [-0.1, -0.05) is 24.3 Å². The van der Waals surface area contributed by atoms with Crippen molar-refractivity contribution in [1.82, 2.24) is 9.80 Å². The molecule has 0 saturated carbocycles. The van der Waals surface area contributed by atoms with Crippen molar-refractivity contribution in [2.75, 3.05) is 14.1 Å². The fourth-order valence-corrected chi connectivity index (χ4v) is 4.48. The SMILES string of the molecule is CN1C(=O)CC(C2CC3C(=O)N(C)C(=O)C3c3ccccc32)C1=O. The van der Waals surface area contributed by atoms with E-state index in [1.807, 2.05) is 24.3 Å². The second-order valence-electron chi connectivity index (χ2n) is 6.89. The first-order chi connectivity index (χ1) is 11.4. The summed E-state index contributed by atoms with van der Waals surface area (Å²) in [4.78, 5) is 51.7. The molecule has 0 spiro atoms. The molecule has 0 aromatic heterocycles. The molecule has 0 radical (unpaired) electrons. The summed E-state index contributed by atoms with van der Waals surface area (Å²) >= 11 is 0. The predicted octanol–water partition coefficient (Wildman–Crippen LogP) is 0.877. The second kappa shape index (κ2) is 5.00. The Morgan fingerprint density at radius 3 is 2.04 bits per heavy atom. The average Bonchev–Trinajstić information content (AvgIpc) is 2.97. The molecule has 24 heavy (non-hydrogen) atoms. The summed E-state index contributed by atoms with van der Waals surface area (Å²) in [5, 5.41) is 0. The summed E-state index contributed by atoms with van der Waals surface area (Å²) in [6.45, 7) is 0. The van der Waals surface area contributed by atoms with Crippen molar-refractivity contribution in [3.63, 3.8) is 0 Å². The highest BCUT2D eigenvalue weighted by Gasteiger charge is 2.54. The molecule has 1 aromatic rings. The minimum atomic E-state index is -0.458. The number of amides is 4. The summed E-state index contributed by atoms with van der Waals surface area (Å²) in [6.07, 6.45) is 0.609. The van der Waals surface area contributed by atoms with Crippen LogP contribution in [0.1, 0.15) is 35.8 Å². The summed E-state index contributed by atoms with van der Waals surface area (Å²) in [6, 6.07) is 7.51. The molecule has 4 unspecified atom stereocenters. The summed E-state index contributed by atoms with van der Waals surface area (Å²) in [5.41, 5.74) is 1.76. The lowest BCUT2D eigenvalue weighted by atomic mass is 9.67. The van der Waals surface area contributed by atoms with Gasteiger partial charge in [-0.05, 0) is 23.5 Å². The Kier molecular flexibility index (Phi) is 3.13. The Bertz CT molecular complexity index is 787. The van der Waals surface area contributed by atoms with Crippen LogP contribution >= 0.6 is 0 Å². The van der Waals surface area contributed by atoms with Crippen molar-refractivity contribution in [1.29, 1.82) is 0 Å². The fourth-order valence-electron chi connectivity index (χ4n) is 4.48. The molecule has 2 fully saturated rings. The van der Waals surface area contributed by atoms with Crippen LogP contribution in [0.4, 0.5) is 0 Å². The lowest BCUT2D eigenvalue weighted by Gasteiger charge is -2.34. The summed E-state index contributed by atoms with van der Waals surface area (Å²) < 4.78 is 0. The largest absolute Gasteiger partial charge is 0.285 e. The number of nitrogens with zero attached hydrogens (tertiary/aromatic N) is 2. The van der Waals surface area contributed by atoms with Crippen LogP contribution in [0.5, 0.6) is 0 Å². The zero-order valence-electron chi connectivity index (χ0n) is 13.6. The van der Waals surface area contributed by atoms with E-state index in [0.717, 1.165) is 11.1 Å². The molecule has 2 aliphatic heterocycles. The molecule has 2 heterocycles. The average molecular weight is 326 g/mol. The quantitative estimate of drug-likeness (QED) is 0.718. The van der Waals surface area contributed by atoms with Crippen LogP contribution in [0.2, 0.25) is 0 Å². The summed E-state index contributed by atoms with van der Waals surface area (Å²) in [7, 11) is 3.01. The molecule has 3 aliphatic rings. The van der Waals surface area contributed by atoms with Gasteiger partial charge in [-0.15, -0.1) is 0 Å². The number of benzene rings is 1. The third kappa shape index (κ3) is 1.82. The van der Waals surface area contributed by atoms with Gasteiger partial charge in [-0.25, -0.2) is 0 Å². The normalized spacial score (nSPS) is 32.4. The molecular formula is C18H18N2O4. The Labute approximate surface area is 139 Å². The van der Waals surface area contributed by atoms with Gasteiger partial charge in [0.15, 0.2) is 0 Å². The number of fused-ring (bicyclic) bond motifs is 3. The van der Waals surface area contributed by atoms with E-state index in [4.69, 9.17) is 0 Å². The molecule has 124 valence electrons. The number of hydrogen-bond acceptors (Lipinski definition) is 4. The first kappa shape index (κ1) is 15.1. The number of carbonyl (C=O) groups excluding carboxylic acids is 4. The highest BCUT2D eigenvalue weighted by Crippen LogP contribution is 2.51. The smallest absolute Gasteiger partial charge is 0.237 e. The molecule has 4 atom stereocenters. The van der Waals surface area contributed by atoms with Gasteiger partial charge in [0, 0.05) is 20.5 Å². The van der Waals surface area contributed by atoms with Crippen molar-refractivity contribution in [3.8, 4) is 0 Å². The minimum Gasteiger partial charge on any atom is -0.285 e. The Balaban J connectivity index is 1.81. The maximum Gasteiger partial charge on any atom is 0.237 e. The molecule has 1 aliphatic carbocycles. The number of imide groups is 2. The van der Waals surface area contributed by atoms with Crippen molar-refractivity contribution >= 4 is 23.6 Å². The Morgan fingerprint density at radius 1 is 0.792 bits per heavy atom. The van der Waals surface area contributed by atoms with Gasteiger partial charge in [-0.3, -0.25) is 29.0 Å². The van der Waals surface area contributed by atoms with E-state index in [9.17, 15) is 19.2 Å². The van der Waals surface area contributed by atoms with E-state index in [1.54, 1.807) is 0 Å². The van der Waals surface area contributed by atoms with Gasteiger partial charge in [0.05, 0.1) is 17.8 Å². The topological polar surface area (TPSA) is 74.8 Å². The number of hydrogen-bond donors (Lipinski definition) is 0. The van der Waals surface area contributed by atoms with Gasteiger partial charge < -0.3 is 0 Å². The Hall–Kier alpha value is -2.50. The third-order valence-corrected chi connectivity index (χ3v) is 5.79. The number of likely N-dealkylation sites (tertiary alicyclic amines) is 2. The van der Waals surface area contributed by atoms with Crippen molar-refractivity contribution in [2.45, 2.75) is 24.7 Å². The maximum absolute atomic E-state index is 12.5. The van der Waals surface area contributed by atoms with Gasteiger partial charge >= 0.3 is 0 Å². The predicted molar refractivity (Wildman–Crippen MR) is 83.7 cm³/mol. The van der Waals surface area contributed by atoms with Crippen molar-refractivity contribution < 1.29 is 19.2 Å². The van der Waals surface area contributed by atoms with Crippen molar-refractivity contribution in [3.05, 3.63) is 35.4 Å². The molecular weight excluding hydrogens is 308 g/mol. The molecule has 6 heteroatoms. The van der Waals surface area contributed by atoms with E-state index in [0.29, 0.717) is 6.42 Å². The molecule has 6 nitrogen and oxygen atoms in total. The van der Waals surface area contributed by atoms with Gasteiger partial charge in [0.1, 0.15) is 0 Å². The number of likely N-dealkylation sites (N-methyl/N-ethyl adjacent to an activating group) is 1. The van der Waals surface area contributed by atoms with E-state index < -0.39 is 17.8 Å². The molecule has 0 bridgehead atoms. The van der Waals surface area contributed by atoms with Crippen LogP contribution in [-0.4, -0.2) is 47.5 Å². The number of rotatable bonds is 1. The highest BCUT2D eigenvalue weighted by atomic mass is 16.2. The van der Waals surface area contributed by atoms with E-state index in [2.05, 4.69) is 0 Å². The van der Waals surface area contributed by atoms with Gasteiger partial charge in [0.2, 0.25) is 23.6 Å². The van der Waals surface area contributed by atoms with Crippen LogP contribution < -0.4 is 0 Å². The molecule has 2 saturated heterocycles. The molecule has 4 rings (SSSR count). The molecule has 4 amide bonds. The third-order valence-electron chi connectivity index (χ3n) is 5.79. The number of carbonyl (C=O) groups is 4. The first-order valence-corrected chi connectivity index (χ1v) is 8.12. The van der Waals surface area contributed by atoms with Gasteiger partial charge in [0.25, 0.3) is 0 Å². The first-order valence-electron chi connectivity index (χ1n) is 8.12. The zero-order valence-corrected chi connectivity index (χ0v) is 13.6. The highest BCUT2D eigenvalue weighted by molar-refractivity contribution is 6.08. The minimum absolute atomic E-state index is 0.170.